The van der Waals surface area contributed by atoms with Gasteiger partial charge in [-0.1, -0.05) is 259 Å². The Labute approximate surface area is 475 Å². The summed E-state index contributed by atoms with van der Waals surface area (Å²) < 4.78 is 16.7. The zero-order valence-electron chi connectivity index (χ0n) is 47.9. The van der Waals surface area contributed by atoms with E-state index in [2.05, 4.69) is 42.9 Å². The number of nitrogens with zero attached hydrogens (tertiary/aromatic N) is 2. The summed E-state index contributed by atoms with van der Waals surface area (Å²) in [5.41, 5.74) is 0. The first kappa shape index (κ1) is 73.4. The van der Waals surface area contributed by atoms with E-state index in [1.165, 1.54) is 198 Å². The molecule has 434 valence electrons. The van der Waals surface area contributed by atoms with Crippen molar-refractivity contribution in [3.05, 3.63) is 0 Å². The Morgan fingerprint density at radius 2 is 0.630 bits per heavy atom. The summed E-state index contributed by atoms with van der Waals surface area (Å²) in [5, 5.41) is 3.40. The van der Waals surface area contributed by atoms with Crippen LogP contribution in [-0.4, -0.2) is 135 Å². The van der Waals surface area contributed by atoms with E-state index >= 15 is 0 Å². The summed E-state index contributed by atoms with van der Waals surface area (Å²) in [6.07, 6.45) is 43.8. The molecule has 0 aromatic heterocycles. The lowest BCUT2D eigenvalue weighted by molar-refractivity contribution is -0.144. The number of esters is 3. The molecule has 0 aliphatic heterocycles. The number of hydrogen-bond donors (Lipinski definition) is 1. The van der Waals surface area contributed by atoms with Gasteiger partial charge < -0.3 is 29.3 Å². The van der Waals surface area contributed by atoms with Gasteiger partial charge in [0.05, 0.1) is 19.3 Å². The van der Waals surface area contributed by atoms with E-state index in [0.29, 0.717) is 58.7 Å². The molecule has 0 saturated carbocycles. The normalized spacial score (nSPS) is 11.6. The fourth-order valence-corrected chi connectivity index (χ4v) is 14.3. The van der Waals surface area contributed by atoms with Crippen molar-refractivity contribution in [3.63, 3.8) is 0 Å². The lowest BCUT2D eigenvalue weighted by atomic mass is 10.1. The molecule has 73 heavy (non-hydrogen) atoms. The van der Waals surface area contributed by atoms with Crippen LogP contribution in [-0.2, 0) is 28.6 Å². The summed E-state index contributed by atoms with van der Waals surface area (Å²) >= 11 is 0. The van der Waals surface area contributed by atoms with Gasteiger partial charge >= 0.3 is 17.9 Å². The van der Waals surface area contributed by atoms with Gasteiger partial charge in [-0.2, -0.15) is 0 Å². The molecule has 0 aliphatic rings. The average Bonchev–Trinajstić information content (AvgIpc) is 3.39. The highest BCUT2D eigenvalue weighted by molar-refractivity contribution is 8.77. The molecule has 0 fully saturated rings. The second-order valence-corrected chi connectivity index (χ2v) is 28.1. The van der Waals surface area contributed by atoms with Gasteiger partial charge in [0.25, 0.3) is 0 Å². The highest BCUT2D eigenvalue weighted by Gasteiger charge is 2.14. The fraction of sp³-hybridized carbons (Fsp3) is 0.948. The molecule has 9 nitrogen and oxygen atoms in total. The molecule has 0 saturated heterocycles. The Balaban J connectivity index is 4.28. The van der Waals surface area contributed by atoms with Gasteiger partial charge in [0.1, 0.15) is 19.8 Å². The lowest BCUT2D eigenvalue weighted by Gasteiger charge is -2.23. The van der Waals surface area contributed by atoms with Crippen molar-refractivity contribution in [1.82, 2.24) is 15.1 Å². The molecule has 0 amide bonds. The van der Waals surface area contributed by atoms with E-state index in [4.69, 9.17) is 14.2 Å². The van der Waals surface area contributed by atoms with E-state index in [9.17, 15) is 14.4 Å². The maximum atomic E-state index is 12.7. The minimum Gasteiger partial charge on any atom is -0.465 e. The molecule has 15 heteroatoms. The second kappa shape index (κ2) is 63.2. The SMILES string of the molecule is CCCCCCCCCCCCSSCCOC(=O)CCNCCCN(C)CCCN(CCC(=O)OCCSSCCCCCCCCCCCC)CCC(=O)OCCSSCCCCCCCCCCCC. The van der Waals surface area contributed by atoms with Crippen molar-refractivity contribution in [2.24, 2.45) is 0 Å². The Kier molecular flexibility index (Phi) is 63.6. The number of rotatable bonds is 62. The number of carbonyl (C=O) groups excluding carboxylic acids is 3. The smallest absolute Gasteiger partial charge is 0.307 e. The van der Waals surface area contributed by atoms with Gasteiger partial charge in [-0.05, 0) is 65.3 Å². The molecule has 0 aromatic carbocycles. The molecule has 0 aromatic rings. The van der Waals surface area contributed by atoms with Gasteiger partial charge in [0.15, 0.2) is 0 Å². The van der Waals surface area contributed by atoms with Crippen LogP contribution in [0.5, 0.6) is 0 Å². The van der Waals surface area contributed by atoms with Gasteiger partial charge in [0.2, 0.25) is 0 Å². The Morgan fingerprint density at radius 1 is 0.329 bits per heavy atom. The standard InChI is InChI=1S/C58H115N3O6S6/c1-5-8-11-14-17-20-23-26-29-32-50-68-71-53-47-65-56(62)37-41-59-40-35-42-60(4)43-36-44-61(45-38-57(63)66-48-54-72-69-51-33-30-27-24-21-18-15-12-9-6-2)46-39-58(64)67-49-55-73-70-52-34-31-28-25-22-19-16-13-10-7-3/h59H,5-55H2,1-4H3. The third-order valence-corrected chi connectivity index (χ3v) is 20.3. The Morgan fingerprint density at radius 3 is 0.986 bits per heavy atom. The number of hydrogen-bond acceptors (Lipinski definition) is 15. The summed E-state index contributed by atoms with van der Waals surface area (Å²) in [5.74, 6) is 5.52. The summed E-state index contributed by atoms with van der Waals surface area (Å²) in [4.78, 5) is 42.3. The maximum Gasteiger partial charge on any atom is 0.307 e. The molecule has 0 bridgehead atoms. The van der Waals surface area contributed by atoms with E-state index in [1.807, 2.05) is 43.2 Å². The minimum absolute atomic E-state index is 0.123. The predicted octanol–water partition coefficient (Wildman–Crippen LogP) is 17.3. The van der Waals surface area contributed by atoms with Crippen LogP contribution in [0.2, 0.25) is 0 Å². The van der Waals surface area contributed by atoms with Crippen LogP contribution in [0.1, 0.15) is 245 Å². The molecule has 0 rings (SSSR count). The average molecular weight is 1140 g/mol. The fourth-order valence-electron chi connectivity index (χ4n) is 8.38. The van der Waals surface area contributed by atoms with Crippen molar-refractivity contribution < 1.29 is 28.6 Å². The van der Waals surface area contributed by atoms with Gasteiger partial charge in [-0.25, -0.2) is 0 Å². The summed E-state index contributed by atoms with van der Waals surface area (Å²) in [6, 6.07) is 0. The van der Waals surface area contributed by atoms with Crippen LogP contribution < -0.4 is 5.32 Å². The summed E-state index contributed by atoms with van der Waals surface area (Å²) in [7, 11) is 13.3. The number of ether oxygens (including phenoxy) is 3. The summed E-state index contributed by atoms with van der Waals surface area (Å²) in [6.45, 7) is 13.5. The van der Waals surface area contributed by atoms with Crippen LogP contribution in [0.25, 0.3) is 0 Å². The zero-order chi connectivity index (χ0) is 53.0. The molecule has 0 heterocycles. The van der Waals surface area contributed by atoms with Crippen molar-refractivity contribution in [2.45, 2.75) is 245 Å². The maximum absolute atomic E-state index is 12.7. The molecule has 0 aliphatic carbocycles. The van der Waals surface area contributed by atoms with Crippen molar-refractivity contribution >= 4 is 82.7 Å². The molecule has 0 atom stereocenters. The van der Waals surface area contributed by atoms with Crippen LogP contribution in [0, 0.1) is 0 Å². The first-order valence-electron chi connectivity index (χ1n) is 30.2. The van der Waals surface area contributed by atoms with Crippen molar-refractivity contribution in [1.29, 1.82) is 0 Å². The second-order valence-electron chi connectivity index (χ2n) is 20.0. The molecule has 0 unspecified atom stereocenters. The van der Waals surface area contributed by atoms with Crippen LogP contribution >= 0.6 is 64.8 Å². The monoisotopic (exact) mass is 1140 g/mol. The Hall–Kier alpha value is 0.390. The predicted molar refractivity (Wildman–Crippen MR) is 333 cm³/mol. The molecule has 0 spiro atoms. The largest absolute Gasteiger partial charge is 0.465 e. The Bertz CT molecular complexity index is 1100. The highest BCUT2D eigenvalue weighted by Crippen LogP contribution is 2.25. The minimum atomic E-state index is -0.166. The number of nitrogens with one attached hydrogen (secondary N) is 1. The number of unbranched alkanes of at least 4 members (excludes halogenated alkanes) is 27. The highest BCUT2D eigenvalue weighted by atomic mass is 33.1. The molecule has 0 radical (unpaired) electrons. The van der Waals surface area contributed by atoms with Crippen LogP contribution in [0.15, 0.2) is 0 Å². The van der Waals surface area contributed by atoms with Crippen LogP contribution in [0.3, 0.4) is 0 Å². The molecular formula is C58H115N3O6S6. The number of carbonyl (C=O) groups is 3. The topological polar surface area (TPSA) is 97.4 Å². The molecular weight excluding hydrogens is 1030 g/mol. The lowest BCUT2D eigenvalue weighted by Crippen LogP contribution is -2.33. The third-order valence-electron chi connectivity index (χ3n) is 13.0. The third kappa shape index (κ3) is 61.5. The van der Waals surface area contributed by atoms with E-state index in [-0.39, 0.29) is 17.9 Å². The first-order chi connectivity index (χ1) is 35.9. The quantitative estimate of drug-likeness (QED) is 0.0271. The van der Waals surface area contributed by atoms with Gasteiger partial charge in [-0.15, -0.1) is 0 Å². The van der Waals surface area contributed by atoms with E-state index < -0.39 is 0 Å². The van der Waals surface area contributed by atoms with Gasteiger partial charge in [0, 0.05) is 54.2 Å². The van der Waals surface area contributed by atoms with E-state index in [1.54, 1.807) is 21.6 Å². The van der Waals surface area contributed by atoms with Gasteiger partial charge in [-0.3, -0.25) is 14.4 Å². The first-order valence-corrected chi connectivity index (χ1v) is 37.7. The zero-order valence-corrected chi connectivity index (χ0v) is 52.8. The molecule has 1 N–H and O–H groups in total. The van der Waals surface area contributed by atoms with Crippen molar-refractivity contribution in [3.8, 4) is 0 Å². The van der Waals surface area contributed by atoms with E-state index in [0.717, 1.165) is 67.8 Å². The van der Waals surface area contributed by atoms with Crippen molar-refractivity contribution in [2.75, 3.05) is 107 Å². The van der Waals surface area contributed by atoms with Crippen LogP contribution in [0.4, 0.5) is 0 Å².